The highest BCUT2D eigenvalue weighted by Crippen LogP contribution is 2.35. The van der Waals surface area contributed by atoms with Gasteiger partial charge >= 0.3 is 6.03 Å². The largest absolute Gasteiger partial charge is 0.343 e. The third kappa shape index (κ3) is 3.22. The van der Waals surface area contributed by atoms with Crippen molar-refractivity contribution < 1.29 is 9.59 Å². The molecule has 3 aliphatic heterocycles. The Morgan fingerprint density at radius 1 is 1.21 bits per heavy atom. The first-order valence-corrected chi connectivity index (χ1v) is 10.3. The van der Waals surface area contributed by atoms with Crippen LogP contribution in [0.3, 0.4) is 0 Å². The zero-order valence-electron chi connectivity index (χ0n) is 18.0. The molecule has 3 saturated heterocycles. The topological polar surface area (TPSA) is 59.1 Å². The number of amides is 3. The summed E-state index contributed by atoms with van der Waals surface area (Å²) >= 11 is 0. The summed E-state index contributed by atoms with van der Waals surface area (Å²) in [6.45, 7) is 14.2. The van der Waals surface area contributed by atoms with Gasteiger partial charge in [-0.3, -0.25) is 19.9 Å². The van der Waals surface area contributed by atoms with Crippen LogP contribution in [0.25, 0.3) is 0 Å². The minimum absolute atomic E-state index is 0.118. The molecule has 29 heavy (non-hydrogen) atoms. The van der Waals surface area contributed by atoms with Gasteiger partial charge in [0.25, 0.3) is 5.91 Å². The molecule has 1 aromatic carbocycles. The van der Waals surface area contributed by atoms with Crippen molar-refractivity contribution in [3.63, 3.8) is 0 Å². The number of fused-ring (bicyclic) bond motifs is 3. The molecule has 0 aliphatic carbocycles. The summed E-state index contributed by atoms with van der Waals surface area (Å²) in [4.78, 5) is 33.7. The van der Waals surface area contributed by atoms with Crippen LogP contribution in [0.1, 0.15) is 25.0 Å². The van der Waals surface area contributed by atoms with Gasteiger partial charge in [0.05, 0.1) is 6.54 Å². The van der Waals surface area contributed by atoms with Gasteiger partial charge < -0.3 is 9.80 Å². The van der Waals surface area contributed by atoms with E-state index in [1.165, 1.54) is 16.0 Å². The number of rotatable bonds is 3. The van der Waals surface area contributed by atoms with Crippen LogP contribution in [0.2, 0.25) is 0 Å². The fourth-order valence-electron chi connectivity index (χ4n) is 4.74. The predicted molar refractivity (Wildman–Crippen MR) is 113 cm³/mol. The summed E-state index contributed by atoms with van der Waals surface area (Å²) in [5, 5.41) is 3.57. The monoisotopic (exact) mass is 397 g/mol. The lowest BCUT2D eigenvalue weighted by atomic mass is 10.0. The highest BCUT2D eigenvalue weighted by molar-refractivity contribution is 6.00. The van der Waals surface area contributed by atoms with Crippen molar-refractivity contribution in [3.8, 4) is 0 Å². The standard InChI is InChI=1S/C22H31N5O2/c1-13(2)10-27-20(28)18-19(24(6)22(27)29)23-21-25(11-14(3)12-26(18)21)17-8-7-15(4)16(5)9-17/h7-9,14,18-19,21,23H,1,10-12H2,2-6H3. The molecule has 0 radical (unpaired) electrons. The van der Waals surface area contributed by atoms with Crippen molar-refractivity contribution in [2.45, 2.75) is 46.2 Å². The molecule has 4 unspecified atom stereocenters. The van der Waals surface area contributed by atoms with Crippen molar-refractivity contribution in [1.29, 1.82) is 0 Å². The summed E-state index contributed by atoms with van der Waals surface area (Å²) in [7, 11) is 1.77. The Morgan fingerprint density at radius 3 is 2.59 bits per heavy atom. The second-order valence-corrected chi connectivity index (χ2v) is 8.93. The van der Waals surface area contributed by atoms with Crippen molar-refractivity contribution in [3.05, 3.63) is 41.5 Å². The van der Waals surface area contributed by atoms with Crippen molar-refractivity contribution in [2.24, 2.45) is 5.92 Å². The Kier molecular flexibility index (Phi) is 4.91. The third-order valence-electron chi connectivity index (χ3n) is 6.34. The first kappa shape index (κ1) is 19.9. The molecule has 156 valence electrons. The van der Waals surface area contributed by atoms with E-state index in [9.17, 15) is 9.59 Å². The summed E-state index contributed by atoms with van der Waals surface area (Å²) in [5.74, 6) is 0.268. The number of hydrogen-bond donors (Lipinski definition) is 1. The van der Waals surface area contributed by atoms with Gasteiger partial charge in [0.1, 0.15) is 18.5 Å². The Morgan fingerprint density at radius 2 is 1.93 bits per heavy atom. The molecule has 0 bridgehead atoms. The van der Waals surface area contributed by atoms with E-state index in [0.717, 1.165) is 24.4 Å². The number of hydrogen-bond acceptors (Lipinski definition) is 5. The Balaban J connectivity index is 1.69. The maximum absolute atomic E-state index is 13.3. The molecule has 7 heteroatoms. The maximum atomic E-state index is 13.3. The molecular weight excluding hydrogens is 366 g/mol. The third-order valence-corrected chi connectivity index (χ3v) is 6.34. The Labute approximate surface area is 172 Å². The molecule has 0 aromatic heterocycles. The van der Waals surface area contributed by atoms with E-state index in [2.05, 4.69) is 60.7 Å². The second kappa shape index (κ2) is 7.15. The Bertz CT molecular complexity index is 869. The first-order chi connectivity index (χ1) is 13.7. The van der Waals surface area contributed by atoms with Gasteiger partial charge in [-0.1, -0.05) is 25.1 Å². The van der Waals surface area contributed by atoms with E-state index in [4.69, 9.17) is 0 Å². The lowest BCUT2D eigenvalue weighted by Gasteiger charge is -2.46. The molecule has 0 spiro atoms. The molecule has 3 aliphatic rings. The fraction of sp³-hybridized carbons (Fsp3) is 0.545. The van der Waals surface area contributed by atoms with E-state index in [-0.39, 0.29) is 37.0 Å². The van der Waals surface area contributed by atoms with Crippen LogP contribution in [0, 0.1) is 19.8 Å². The van der Waals surface area contributed by atoms with Crippen LogP contribution >= 0.6 is 0 Å². The highest BCUT2D eigenvalue weighted by Gasteiger charge is 2.56. The fourth-order valence-corrected chi connectivity index (χ4v) is 4.74. The van der Waals surface area contributed by atoms with E-state index in [1.54, 1.807) is 11.9 Å². The van der Waals surface area contributed by atoms with E-state index in [0.29, 0.717) is 5.92 Å². The molecule has 4 atom stereocenters. The number of carbonyl (C=O) groups is 2. The molecule has 0 saturated carbocycles. The van der Waals surface area contributed by atoms with Crippen LogP contribution in [-0.2, 0) is 4.79 Å². The lowest BCUT2D eigenvalue weighted by Crippen LogP contribution is -2.66. The quantitative estimate of drug-likeness (QED) is 0.792. The summed E-state index contributed by atoms with van der Waals surface area (Å²) in [6, 6.07) is 5.84. The molecule has 7 nitrogen and oxygen atoms in total. The van der Waals surface area contributed by atoms with Crippen LogP contribution in [0.4, 0.5) is 10.5 Å². The van der Waals surface area contributed by atoms with Crippen LogP contribution in [0.5, 0.6) is 0 Å². The zero-order valence-corrected chi connectivity index (χ0v) is 18.0. The molecule has 3 amide bonds. The number of carbonyl (C=O) groups excluding carboxylic acids is 2. The number of anilines is 1. The van der Waals surface area contributed by atoms with E-state index < -0.39 is 0 Å². The minimum Gasteiger partial charge on any atom is -0.343 e. The molecule has 1 aromatic rings. The number of urea groups is 1. The van der Waals surface area contributed by atoms with Gasteiger partial charge in [0.2, 0.25) is 0 Å². The van der Waals surface area contributed by atoms with Gasteiger partial charge in [0.15, 0.2) is 0 Å². The lowest BCUT2D eigenvalue weighted by molar-refractivity contribution is -0.138. The van der Waals surface area contributed by atoms with Gasteiger partial charge in [-0.2, -0.15) is 0 Å². The molecule has 4 rings (SSSR count). The first-order valence-electron chi connectivity index (χ1n) is 10.3. The van der Waals surface area contributed by atoms with Crippen LogP contribution in [-0.4, -0.2) is 71.8 Å². The van der Waals surface area contributed by atoms with Crippen LogP contribution in [0.15, 0.2) is 30.4 Å². The van der Waals surface area contributed by atoms with Crippen molar-refractivity contribution in [2.75, 3.05) is 31.6 Å². The summed E-state index contributed by atoms with van der Waals surface area (Å²) < 4.78 is 0. The van der Waals surface area contributed by atoms with Crippen molar-refractivity contribution >= 4 is 17.6 Å². The number of likely N-dealkylation sites (N-methyl/N-ethyl adjacent to an activating group) is 1. The predicted octanol–water partition coefficient (Wildman–Crippen LogP) is 2.11. The van der Waals surface area contributed by atoms with Crippen molar-refractivity contribution in [1.82, 2.24) is 20.0 Å². The Hall–Kier alpha value is -2.38. The van der Waals surface area contributed by atoms with Crippen LogP contribution < -0.4 is 10.2 Å². The minimum atomic E-state index is -0.390. The van der Waals surface area contributed by atoms with E-state index >= 15 is 0 Å². The molecular formula is C22H31N5O2. The van der Waals surface area contributed by atoms with E-state index in [1.807, 2.05) is 6.92 Å². The summed E-state index contributed by atoms with van der Waals surface area (Å²) in [5.41, 5.74) is 4.45. The number of nitrogens with one attached hydrogen (secondary N) is 1. The molecule has 3 fully saturated rings. The summed E-state index contributed by atoms with van der Waals surface area (Å²) in [6.07, 6.45) is -0.451. The van der Waals surface area contributed by atoms with Gasteiger partial charge in [-0.25, -0.2) is 4.79 Å². The number of benzene rings is 1. The molecule has 1 N–H and O–H groups in total. The number of aryl methyl sites for hydroxylation is 2. The SMILES string of the molecule is C=C(C)CN1C(=O)C2C(NC3N(c4ccc(C)c(C)c4)CC(C)CN23)N(C)C1=O. The maximum Gasteiger partial charge on any atom is 0.328 e. The normalized spacial score (nSPS) is 29.9. The van der Waals surface area contributed by atoms with Gasteiger partial charge in [-0.15, -0.1) is 0 Å². The zero-order chi connectivity index (χ0) is 21.0. The average molecular weight is 398 g/mol. The second-order valence-electron chi connectivity index (χ2n) is 8.93. The highest BCUT2D eigenvalue weighted by atomic mass is 16.2. The average Bonchev–Trinajstić information content (AvgIpc) is 3.04. The number of nitrogens with zero attached hydrogens (tertiary/aromatic N) is 4. The van der Waals surface area contributed by atoms with Gasteiger partial charge in [0, 0.05) is 25.8 Å². The number of imide groups is 1. The molecule has 3 heterocycles. The van der Waals surface area contributed by atoms with Gasteiger partial charge in [-0.05, 0) is 49.9 Å². The smallest absolute Gasteiger partial charge is 0.328 e.